The SMILES string of the molecule is CCCCN(C)C(=O)C1(C(=O)NCc2ccccc2)CC1. The summed E-state index contributed by atoms with van der Waals surface area (Å²) < 4.78 is 0. The van der Waals surface area contributed by atoms with Crippen LogP contribution >= 0.6 is 0 Å². The van der Waals surface area contributed by atoms with E-state index in [0.29, 0.717) is 19.4 Å². The third kappa shape index (κ3) is 3.63. The molecule has 21 heavy (non-hydrogen) atoms. The van der Waals surface area contributed by atoms with E-state index in [1.807, 2.05) is 30.3 Å². The maximum absolute atomic E-state index is 12.5. The first-order valence-corrected chi connectivity index (χ1v) is 7.68. The Bertz CT molecular complexity index is 495. The molecule has 0 bridgehead atoms. The van der Waals surface area contributed by atoms with E-state index < -0.39 is 5.41 Å². The Balaban J connectivity index is 1.90. The first-order valence-electron chi connectivity index (χ1n) is 7.68. The number of unbranched alkanes of at least 4 members (excludes halogenated alkanes) is 1. The van der Waals surface area contributed by atoms with Gasteiger partial charge in [0, 0.05) is 20.1 Å². The average Bonchev–Trinajstić information content (AvgIpc) is 3.32. The van der Waals surface area contributed by atoms with E-state index in [-0.39, 0.29) is 11.8 Å². The number of hydrogen-bond acceptors (Lipinski definition) is 2. The molecule has 0 heterocycles. The van der Waals surface area contributed by atoms with Gasteiger partial charge in [-0.25, -0.2) is 0 Å². The smallest absolute Gasteiger partial charge is 0.238 e. The summed E-state index contributed by atoms with van der Waals surface area (Å²) in [6, 6.07) is 9.76. The number of benzene rings is 1. The highest BCUT2D eigenvalue weighted by atomic mass is 16.2. The van der Waals surface area contributed by atoms with Crippen LogP contribution in [0.2, 0.25) is 0 Å². The number of rotatable bonds is 7. The quantitative estimate of drug-likeness (QED) is 0.783. The molecule has 4 heteroatoms. The van der Waals surface area contributed by atoms with Crippen LogP contribution in [0.15, 0.2) is 30.3 Å². The molecule has 1 aromatic rings. The Morgan fingerprint density at radius 3 is 2.48 bits per heavy atom. The van der Waals surface area contributed by atoms with Crippen molar-refractivity contribution in [1.82, 2.24) is 10.2 Å². The summed E-state index contributed by atoms with van der Waals surface area (Å²) in [5.74, 6) is -0.152. The molecule has 1 saturated carbocycles. The van der Waals surface area contributed by atoms with E-state index in [1.54, 1.807) is 11.9 Å². The number of nitrogens with zero attached hydrogens (tertiary/aromatic N) is 1. The van der Waals surface area contributed by atoms with Crippen LogP contribution in [0.1, 0.15) is 38.2 Å². The van der Waals surface area contributed by atoms with E-state index in [4.69, 9.17) is 0 Å². The lowest BCUT2D eigenvalue weighted by atomic mass is 10.0. The van der Waals surface area contributed by atoms with E-state index in [9.17, 15) is 9.59 Å². The normalized spacial score (nSPS) is 15.3. The summed E-state index contributed by atoms with van der Waals surface area (Å²) in [5.41, 5.74) is 0.255. The number of carbonyl (C=O) groups excluding carboxylic acids is 2. The minimum Gasteiger partial charge on any atom is -0.351 e. The molecule has 0 atom stereocenters. The van der Waals surface area contributed by atoms with Gasteiger partial charge in [0.25, 0.3) is 0 Å². The van der Waals surface area contributed by atoms with Crippen LogP contribution < -0.4 is 5.32 Å². The van der Waals surface area contributed by atoms with Crippen molar-refractivity contribution in [3.8, 4) is 0 Å². The lowest BCUT2D eigenvalue weighted by Gasteiger charge is -2.23. The van der Waals surface area contributed by atoms with Crippen molar-refractivity contribution in [3.05, 3.63) is 35.9 Å². The van der Waals surface area contributed by atoms with Crippen LogP contribution in [0.5, 0.6) is 0 Å². The van der Waals surface area contributed by atoms with Gasteiger partial charge in [-0.1, -0.05) is 43.7 Å². The van der Waals surface area contributed by atoms with Gasteiger partial charge in [0.05, 0.1) is 0 Å². The zero-order valence-electron chi connectivity index (χ0n) is 12.9. The van der Waals surface area contributed by atoms with Crippen LogP contribution in [0.4, 0.5) is 0 Å². The van der Waals surface area contributed by atoms with Crippen molar-refractivity contribution >= 4 is 11.8 Å². The van der Waals surface area contributed by atoms with Gasteiger partial charge in [0.1, 0.15) is 5.41 Å². The molecule has 2 amide bonds. The second-order valence-corrected chi connectivity index (χ2v) is 5.83. The molecular formula is C17H24N2O2. The van der Waals surface area contributed by atoms with E-state index in [2.05, 4.69) is 12.2 Å². The minimum absolute atomic E-state index is 0.0264. The van der Waals surface area contributed by atoms with Gasteiger partial charge < -0.3 is 10.2 Å². The summed E-state index contributed by atoms with van der Waals surface area (Å²) in [7, 11) is 1.79. The van der Waals surface area contributed by atoms with Gasteiger partial charge in [0.15, 0.2) is 0 Å². The first-order chi connectivity index (χ1) is 10.1. The summed E-state index contributed by atoms with van der Waals surface area (Å²) in [6.07, 6.45) is 3.36. The van der Waals surface area contributed by atoms with Gasteiger partial charge in [0.2, 0.25) is 11.8 Å². The van der Waals surface area contributed by atoms with Gasteiger partial charge in [-0.15, -0.1) is 0 Å². The van der Waals surface area contributed by atoms with E-state index >= 15 is 0 Å². The Labute approximate surface area is 126 Å². The van der Waals surface area contributed by atoms with Crippen LogP contribution in [0.25, 0.3) is 0 Å². The molecule has 0 aromatic heterocycles. The standard InChI is InChI=1S/C17H24N2O2/c1-3-4-12-19(2)16(21)17(10-11-17)15(20)18-13-14-8-6-5-7-9-14/h5-9H,3-4,10-13H2,1-2H3,(H,18,20). The Morgan fingerprint density at radius 1 is 1.24 bits per heavy atom. The summed E-state index contributed by atoms with van der Waals surface area (Å²) in [5, 5.41) is 2.91. The van der Waals surface area contributed by atoms with Crippen molar-refractivity contribution in [2.24, 2.45) is 5.41 Å². The largest absolute Gasteiger partial charge is 0.351 e. The lowest BCUT2D eigenvalue weighted by Crippen LogP contribution is -2.43. The van der Waals surface area contributed by atoms with E-state index in [1.165, 1.54) is 0 Å². The third-order valence-electron chi connectivity index (χ3n) is 4.08. The fraction of sp³-hybridized carbons (Fsp3) is 0.529. The molecule has 0 radical (unpaired) electrons. The average molecular weight is 288 g/mol. The maximum Gasteiger partial charge on any atom is 0.238 e. The van der Waals surface area contributed by atoms with Gasteiger partial charge in [-0.3, -0.25) is 9.59 Å². The van der Waals surface area contributed by atoms with E-state index in [0.717, 1.165) is 24.9 Å². The van der Waals surface area contributed by atoms with Crippen LogP contribution in [0.3, 0.4) is 0 Å². The zero-order valence-corrected chi connectivity index (χ0v) is 12.9. The maximum atomic E-state index is 12.5. The Morgan fingerprint density at radius 2 is 1.90 bits per heavy atom. The predicted octanol–water partition coefficient (Wildman–Crippen LogP) is 2.34. The van der Waals surface area contributed by atoms with Crippen LogP contribution in [-0.4, -0.2) is 30.3 Å². The minimum atomic E-state index is -0.794. The van der Waals surface area contributed by atoms with Gasteiger partial charge >= 0.3 is 0 Å². The molecule has 0 unspecified atom stereocenters. The number of nitrogens with one attached hydrogen (secondary N) is 1. The molecule has 1 aliphatic carbocycles. The van der Waals surface area contributed by atoms with Gasteiger partial charge in [-0.2, -0.15) is 0 Å². The molecular weight excluding hydrogens is 264 g/mol. The monoisotopic (exact) mass is 288 g/mol. The summed E-state index contributed by atoms with van der Waals surface area (Å²) in [6.45, 7) is 3.30. The molecule has 0 spiro atoms. The molecule has 1 aromatic carbocycles. The van der Waals surface area contributed by atoms with Crippen molar-refractivity contribution < 1.29 is 9.59 Å². The topological polar surface area (TPSA) is 49.4 Å². The van der Waals surface area contributed by atoms with Gasteiger partial charge in [-0.05, 0) is 24.8 Å². The molecule has 4 nitrogen and oxygen atoms in total. The third-order valence-corrected chi connectivity index (χ3v) is 4.08. The molecule has 0 saturated heterocycles. The van der Waals surface area contributed by atoms with Crippen molar-refractivity contribution in [1.29, 1.82) is 0 Å². The fourth-order valence-electron chi connectivity index (χ4n) is 2.47. The Kier molecular flexibility index (Phi) is 4.99. The summed E-state index contributed by atoms with van der Waals surface area (Å²) in [4.78, 5) is 26.5. The van der Waals surface area contributed by atoms with Crippen molar-refractivity contribution in [3.63, 3.8) is 0 Å². The number of carbonyl (C=O) groups is 2. The van der Waals surface area contributed by atoms with Crippen LogP contribution in [0, 0.1) is 5.41 Å². The number of hydrogen-bond donors (Lipinski definition) is 1. The number of amides is 2. The second-order valence-electron chi connectivity index (χ2n) is 5.83. The second kappa shape index (κ2) is 6.74. The zero-order chi connectivity index (χ0) is 15.3. The van der Waals surface area contributed by atoms with Crippen molar-refractivity contribution in [2.75, 3.05) is 13.6 Å². The predicted molar refractivity (Wildman–Crippen MR) is 82.5 cm³/mol. The molecule has 2 rings (SSSR count). The summed E-state index contributed by atoms with van der Waals surface area (Å²) >= 11 is 0. The first kappa shape index (κ1) is 15.5. The molecule has 0 aliphatic heterocycles. The molecule has 114 valence electrons. The molecule has 1 fully saturated rings. The highest BCUT2D eigenvalue weighted by molar-refractivity contribution is 6.07. The van der Waals surface area contributed by atoms with Crippen molar-refractivity contribution in [2.45, 2.75) is 39.2 Å². The Hall–Kier alpha value is -1.84. The fourth-order valence-corrected chi connectivity index (χ4v) is 2.47. The van der Waals surface area contributed by atoms with Crippen LogP contribution in [-0.2, 0) is 16.1 Å². The lowest BCUT2D eigenvalue weighted by molar-refractivity contribution is -0.143. The highest BCUT2D eigenvalue weighted by Crippen LogP contribution is 2.47. The molecule has 1 aliphatic rings. The molecule has 1 N–H and O–H groups in total. The highest BCUT2D eigenvalue weighted by Gasteiger charge is 2.57.